The molecule has 0 unspecified atom stereocenters. The summed E-state index contributed by atoms with van der Waals surface area (Å²) in [5.41, 5.74) is 1.95. The Hall–Kier alpha value is -2.83. The summed E-state index contributed by atoms with van der Waals surface area (Å²) < 4.78 is 0. The van der Waals surface area contributed by atoms with Gasteiger partial charge in [-0.1, -0.05) is 51.1 Å². The lowest BCUT2D eigenvalue weighted by molar-refractivity contribution is -0.138. The van der Waals surface area contributed by atoms with Crippen molar-refractivity contribution >= 4 is 12.0 Å². The molecule has 28 heavy (non-hydrogen) atoms. The van der Waals surface area contributed by atoms with Crippen LogP contribution in [0, 0.1) is 11.8 Å². The first-order valence-electron chi connectivity index (χ1n) is 9.66. The highest BCUT2D eigenvalue weighted by Crippen LogP contribution is 2.36. The number of likely N-dealkylation sites (N-methyl/N-ethyl adjacent to an activating group) is 1. The second kappa shape index (κ2) is 8.04. The number of carbonyl (C=O) groups is 2. The fourth-order valence-corrected chi connectivity index (χ4v) is 4.01. The zero-order valence-electron chi connectivity index (χ0n) is 16.8. The quantitative estimate of drug-likeness (QED) is 0.824. The molecule has 7 heteroatoms. The zero-order valence-corrected chi connectivity index (χ0v) is 16.8. The van der Waals surface area contributed by atoms with Crippen LogP contribution in [0.4, 0.5) is 4.79 Å². The number of nitrogens with one attached hydrogen (secondary N) is 1. The summed E-state index contributed by atoms with van der Waals surface area (Å²) in [6.07, 6.45) is 1.49. The molecule has 1 aliphatic heterocycles. The van der Waals surface area contributed by atoms with Gasteiger partial charge in [0.15, 0.2) is 0 Å². The van der Waals surface area contributed by atoms with E-state index < -0.39 is 12.1 Å². The normalized spacial score (nSPS) is 20.4. The zero-order chi connectivity index (χ0) is 20.4. The molecule has 0 aliphatic carbocycles. The summed E-state index contributed by atoms with van der Waals surface area (Å²) in [5.74, 6) is 0.785. The number of aromatic nitrogens is 2. The van der Waals surface area contributed by atoms with Gasteiger partial charge in [-0.2, -0.15) is 0 Å². The molecule has 1 aromatic heterocycles. The molecule has 1 aliphatic rings. The monoisotopic (exact) mass is 384 g/mol. The summed E-state index contributed by atoms with van der Waals surface area (Å²) >= 11 is 0. The van der Waals surface area contributed by atoms with Crippen molar-refractivity contribution in [3.8, 4) is 11.3 Å². The highest BCUT2D eigenvalue weighted by Gasteiger charge is 2.41. The number of benzene rings is 1. The standard InChI is InChI=1S/C21H28N4O3/c1-13(2)18(24(4)21(27)28)20(26)25-12-14(3)10-17(25)19-22-11-16(23-19)15-8-6-5-7-9-15/h5-9,11,13-14,17-18H,10,12H2,1-4H3,(H,22,23)(H,27,28)/t14-,17-,18-/m0/s1. The van der Waals surface area contributed by atoms with E-state index in [1.165, 1.54) is 7.05 Å². The number of hydrogen-bond acceptors (Lipinski definition) is 3. The minimum absolute atomic E-state index is 0.123. The van der Waals surface area contributed by atoms with Crippen LogP contribution >= 0.6 is 0 Å². The van der Waals surface area contributed by atoms with Crippen molar-refractivity contribution in [3.63, 3.8) is 0 Å². The number of H-pyrrole nitrogens is 1. The minimum atomic E-state index is -1.10. The molecule has 0 spiro atoms. The summed E-state index contributed by atoms with van der Waals surface area (Å²) in [6, 6.07) is 9.03. The Morgan fingerprint density at radius 2 is 1.96 bits per heavy atom. The van der Waals surface area contributed by atoms with E-state index >= 15 is 0 Å². The number of nitrogens with zero attached hydrogens (tertiary/aromatic N) is 3. The molecule has 3 atom stereocenters. The largest absolute Gasteiger partial charge is 0.465 e. The van der Waals surface area contributed by atoms with Crippen molar-refractivity contribution < 1.29 is 14.7 Å². The Balaban J connectivity index is 1.88. The lowest BCUT2D eigenvalue weighted by Crippen LogP contribution is -2.51. The third kappa shape index (κ3) is 3.88. The fraction of sp³-hybridized carbons (Fsp3) is 0.476. The van der Waals surface area contributed by atoms with Crippen molar-refractivity contribution in [2.45, 2.75) is 39.3 Å². The number of amides is 2. The van der Waals surface area contributed by atoms with Gasteiger partial charge in [0.25, 0.3) is 0 Å². The number of imidazole rings is 1. The lowest BCUT2D eigenvalue weighted by atomic mass is 10.0. The van der Waals surface area contributed by atoms with Gasteiger partial charge in [-0.05, 0) is 23.8 Å². The minimum Gasteiger partial charge on any atom is -0.465 e. The van der Waals surface area contributed by atoms with Gasteiger partial charge >= 0.3 is 6.09 Å². The topological polar surface area (TPSA) is 89.5 Å². The maximum absolute atomic E-state index is 13.3. The predicted octanol–water partition coefficient (Wildman–Crippen LogP) is 3.62. The molecule has 0 saturated carbocycles. The van der Waals surface area contributed by atoms with Crippen LogP contribution in [0.5, 0.6) is 0 Å². The number of hydrogen-bond donors (Lipinski definition) is 2. The van der Waals surface area contributed by atoms with E-state index in [1.807, 2.05) is 44.2 Å². The van der Waals surface area contributed by atoms with Crippen LogP contribution in [-0.4, -0.2) is 56.5 Å². The highest BCUT2D eigenvalue weighted by atomic mass is 16.4. The molecule has 2 amide bonds. The maximum atomic E-state index is 13.3. The summed E-state index contributed by atoms with van der Waals surface area (Å²) in [7, 11) is 1.46. The molecule has 0 bridgehead atoms. The van der Waals surface area contributed by atoms with E-state index in [1.54, 1.807) is 11.1 Å². The molecule has 1 aromatic carbocycles. The van der Waals surface area contributed by atoms with E-state index in [2.05, 4.69) is 16.9 Å². The number of aromatic amines is 1. The third-order valence-electron chi connectivity index (χ3n) is 5.39. The summed E-state index contributed by atoms with van der Waals surface area (Å²) in [6.45, 7) is 6.45. The van der Waals surface area contributed by atoms with Gasteiger partial charge in [-0.25, -0.2) is 9.78 Å². The Kier molecular flexibility index (Phi) is 5.72. The average molecular weight is 384 g/mol. The third-order valence-corrected chi connectivity index (χ3v) is 5.39. The van der Waals surface area contributed by atoms with E-state index in [9.17, 15) is 14.7 Å². The molecular weight excluding hydrogens is 356 g/mol. The van der Waals surface area contributed by atoms with Crippen LogP contribution in [-0.2, 0) is 4.79 Å². The second-order valence-electron chi connectivity index (χ2n) is 7.98. The van der Waals surface area contributed by atoms with Gasteiger partial charge < -0.3 is 15.0 Å². The molecule has 2 aromatic rings. The SMILES string of the molecule is CC(C)[C@@H](C(=O)N1C[C@@H](C)C[C@H]1c1ncc(-c2ccccc2)[nH]1)N(C)C(=O)O. The highest BCUT2D eigenvalue weighted by molar-refractivity contribution is 5.86. The van der Waals surface area contributed by atoms with Gasteiger partial charge in [0.05, 0.1) is 17.9 Å². The Labute approximate surface area is 165 Å². The van der Waals surface area contributed by atoms with E-state index in [-0.39, 0.29) is 17.9 Å². The molecule has 1 saturated heterocycles. The molecule has 2 heterocycles. The fourth-order valence-electron chi connectivity index (χ4n) is 4.01. The van der Waals surface area contributed by atoms with E-state index in [4.69, 9.17) is 0 Å². The first-order chi connectivity index (χ1) is 13.3. The van der Waals surface area contributed by atoms with Crippen LogP contribution in [0.1, 0.15) is 39.1 Å². The summed E-state index contributed by atoms with van der Waals surface area (Å²) in [5, 5.41) is 9.39. The Morgan fingerprint density at radius 3 is 2.57 bits per heavy atom. The van der Waals surface area contributed by atoms with E-state index in [0.717, 1.165) is 28.4 Å². The summed E-state index contributed by atoms with van der Waals surface area (Å²) in [4.78, 5) is 35.6. The molecular formula is C21H28N4O3. The molecule has 150 valence electrons. The van der Waals surface area contributed by atoms with Gasteiger partial charge in [0, 0.05) is 13.6 Å². The average Bonchev–Trinajstić information content (AvgIpc) is 3.28. The van der Waals surface area contributed by atoms with Crippen LogP contribution in [0.3, 0.4) is 0 Å². The smallest absolute Gasteiger partial charge is 0.407 e. The molecule has 3 rings (SSSR count). The lowest BCUT2D eigenvalue weighted by Gasteiger charge is -2.33. The van der Waals surface area contributed by atoms with Crippen LogP contribution < -0.4 is 0 Å². The maximum Gasteiger partial charge on any atom is 0.407 e. The number of likely N-dealkylation sites (tertiary alicyclic amines) is 1. The van der Waals surface area contributed by atoms with E-state index in [0.29, 0.717) is 12.5 Å². The van der Waals surface area contributed by atoms with Gasteiger partial charge in [0.2, 0.25) is 5.91 Å². The van der Waals surface area contributed by atoms with Crippen molar-refractivity contribution in [3.05, 3.63) is 42.4 Å². The van der Waals surface area contributed by atoms with Gasteiger partial charge in [-0.15, -0.1) is 0 Å². The Morgan fingerprint density at radius 1 is 1.29 bits per heavy atom. The molecule has 2 N–H and O–H groups in total. The molecule has 1 fully saturated rings. The van der Waals surface area contributed by atoms with Crippen molar-refractivity contribution in [1.82, 2.24) is 19.8 Å². The van der Waals surface area contributed by atoms with Gasteiger partial charge in [0.1, 0.15) is 11.9 Å². The number of carboxylic acid groups (broad SMARTS) is 1. The van der Waals surface area contributed by atoms with Crippen LogP contribution in [0.2, 0.25) is 0 Å². The second-order valence-corrected chi connectivity index (χ2v) is 7.98. The molecule has 0 radical (unpaired) electrons. The number of rotatable bonds is 5. The van der Waals surface area contributed by atoms with Gasteiger partial charge in [-0.3, -0.25) is 9.69 Å². The first-order valence-corrected chi connectivity index (χ1v) is 9.66. The number of carbonyl (C=O) groups excluding carboxylic acids is 1. The van der Waals surface area contributed by atoms with Crippen molar-refractivity contribution in [2.24, 2.45) is 11.8 Å². The Bertz CT molecular complexity index is 833. The first kappa shape index (κ1) is 19.9. The van der Waals surface area contributed by atoms with Crippen LogP contribution in [0.25, 0.3) is 11.3 Å². The predicted molar refractivity (Wildman–Crippen MR) is 107 cm³/mol. The van der Waals surface area contributed by atoms with Crippen molar-refractivity contribution in [2.75, 3.05) is 13.6 Å². The van der Waals surface area contributed by atoms with Crippen molar-refractivity contribution in [1.29, 1.82) is 0 Å². The molecule has 7 nitrogen and oxygen atoms in total. The van der Waals surface area contributed by atoms with Crippen LogP contribution in [0.15, 0.2) is 36.5 Å².